The number of nitrogens with one attached hydrogen (secondary N) is 1. The minimum atomic E-state index is 0.0231. The second-order valence-corrected chi connectivity index (χ2v) is 9.26. The van der Waals surface area contributed by atoms with Gasteiger partial charge >= 0.3 is 0 Å². The molecule has 6 heteroatoms. The summed E-state index contributed by atoms with van der Waals surface area (Å²) in [6.45, 7) is 13.8. The van der Waals surface area contributed by atoms with Crippen LogP contribution in [0.5, 0.6) is 0 Å². The van der Waals surface area contributed by atoms with Gasteiger partial charge in [-0.05, 0) is 56.5 Å². The molecule has 1 aliphatic heterocycles. The molecule has 158 valence electrons. The zero-order valence-corrected chi connectivity index (χ0v) is 19.1. The largest absolute Gasteiger partial charge is 0.351 e. The van der Waals surface area contributed by atoms with E-state index >= 15 is 0 Å². The standard InChI is InChI=1S/C24H30N4OS/c1-16-5-6-18(3)20(15-16)23(29)25-9-10-27-11-13-28(14-12-27)24-26-22-19(4)17(2)7-8-21(22)30-24/h5-8,15H,9-14H2,1-4H3,(H,25,29). The van der Waals surface area contributed by atoms with E-state index in [4.69, 9.17) is 4.98 Å². The van der Waals surface area contributed by atoms with Crippen LogP contribution in [0.4, 0.5) is 5.13 Å². The number of hydrogen-bond acceptors (Lipinski definition) is 5. The Morgan fingerprint density at radius 3 is 2.53 bits per heavy atom. The maximum absolute atomic E-state index is 12.5. The first kappa shape index (κ1) is 20.8. The summed E-state index contributed by atoms with van der Waals surface area (Å²) < 4.78 is 1.27. The molecule has 0 unspecified atom stereocenters. The third kappa shape index (κ3) is 4.35. The Balaban J connectivity index is 1.28. The fourth-order valence-electron chi connectivity index (χ4n) is 3.92. The molecule has 0 atom stereocenters. The second kappa shape index (κ2) is 8.74. The lowest BCUT2D eigenvalue weighted by Gasteiger charge is -2.34. The van der Waals surface area contributed by atoms with Gasteiger partial charge in [0.15, 0.2) is 5.13 Å². The van der Waals surface area contributed by atoms with Gasteiger partial charge < -0.3 is 10.2 Å². The summed E-state index contributed by atoms with van der Waals surface area (Å²) in [5, 5.41) is 4.21. The summed E-state index contributed by atoms with van der Waals surface area (Å²) in [7, 11) is 0. The van der Waals surface area contributed by atoms with E-state index in [1.54, 1.807) is 11.3 Å². The van der Waals surface area contributed by atoms with Crippen molar-refractivity contribution in [2.75, 3.05) is 44.2 Å². The quantitative estimate of drug-likeness (QED) is 0.673. The lowest BCUT2D eigenvalue weighted by Crippen LogP contribution is -2.48. The number of anilines is 1. The van der Waals surface area contributed by atoms with E-state index in [-0.39, 0.29) is 5.91 Å². The van der Waals surface area contributed by atoms with Crippen LogP contribution in [0.2, 0.25) is 0 Å². The SMILES string of the molecule is Cc1ccc(C)c(C(=O)NCCN2CCN(c3nc4c(C)c(C)ccc4s3)CC2)c1. The van der Waals surface area contributed by atoms with E-state index < -0.39 is 0 Å². The van der Waals surface area contributed by atoms with Crippen molar-refractivity contribution in [2.24, 2.45) is 0 Å². The molecule has 3 aromatic rings. The van der Waals surface area contributed by atoms with E-state index in [0.29, 0.717) is 6.54 Å². The topological polar surface area (TPSA) is 48.5 Å². The molecular weight excluding hydrogens is 392 g/mol. The van der Waals surface area contributed by atoms with Crippen LogP contribution >= 0.6 is 11.3 Å². The van der Waals surface area contributed by atoms with Gasteiger partial charge in [0, 0.05) is 44.8 Å². The molecule has 0 aliphatic carbocycles. The number of thiazole rings is 1. The lowest BCUT2D eigenvalue weighted by atomic mass is 10.1. The first-order valence-corrected chi connectivity index (χ1v) is 11.4. The third-order valence-corrected chi connectivity index (χ3v) is 7.15. The number of fused-ring (bicyclic) bond motifs is 1. The molecule has 5 nitrogen and oxygen atoms in total. The molecule has 30 heavy (non-hydrogen) atoms. The predicted molar refractivity (Wildman–Crippen MR) is 126 cm³/mol. The van der Waals surface area contributed by atoms with Crippen LogP contribution < -0.4 is 10.2 Å². The number of amides is 1. The first-order valence-electron chi connectivity index (χ1n) is 10.6. The molecule has 1 amide bonds. The van der Waals surface area contributed by atoms with Crippen LogP contribution in [0, 0.1) is 27.7 Å². The van der Waals surface area contributed by atoms with Gasteiger partial charge in [0.25, 0.3) is 5.91 Å². The van der Waals surface area contributed by atoms with Crippen molar-refractivity contribution in [3.8, 4) is 0 Å². The molecule has 0 bridgehead atoms. The molecule has 1 N–H and O–H groups in total. The van der Waals surface area contributed by atoms with Crippen LogP contribution in [0.3, 0.4) is 0 Å². The van der Waals surface area contributed by atoms with Gasteiger partial charge in [-0.25, -0.2) is 4.98 Å². The van der Waals surface area contributed by atoms with Gasteiger partial charge in [0.1, 0.15) is 0 Å². The van der Waals surface area contributed by atoms with Crippen LogP contribution in [-0.2, 0) is 0 Å². The van der Waals surface area contributed by atoms with Gasteiger partial charge in [-0.3, -0.25) is 9.69 Å². The van der Waals surface area contributed by atoms with E-state index in [0.717, 1.165) is 60.1 Å². The molecular formula is C24H30N4OS. The number of benzene rings is 2. The van der Waals surface area contributed by atoms with Gasteiger partial charge in [-0.2, -0.15) is 0 Å². The Morgan fingerprint density at radius 1 is 1.03 bits per heavy atom. The highest BCUT2D eigenvalue weighted by atomic mass is 32.1. The van der Waals surface area contributed by atoms with E-state index in [2.05, 4.69) is 41.1 Å². The number of carbonyl (C=O) groups is 1. The Labute approximate surface area is 182 Å². The summed E-state index contributed by atoms with van der Waals surface area (Å²) in [5.74, 6) is 0.0231. The van der Waals surface area contributed by atoms with Crippen molar-refractivity contribution in [3.05, 3.63) is 58.1 Å². The highest BCUT2D eigenvalue weighted by Crippen LogP contribution is 2.32. The molecule has 1 fully saturated rings. The minimum absolute atomic E-state index is 0.0231. The molecule has 0 radical (unpaired) electrons. The highest BCUT2D eigenvalue weighted by molar-refractivity contribution is 7.22. The van der Waals surface area contributed by atoms with Crippen molar-refractivity contribution in [2.45, 2.75) is 27.7 Å². The van der Waals surface area contributed by atoms with Gasteiger partial charge in [-0.1, -0.05) is 35.1 Å². The summed E-state index contributed by atoms with van der Waals surface area (Å²) in [6.07, 6.45) is 0. The zero-order valence-electron chi connectivity index (χ0n) is 18.3. The number of aromatic nitrogens is 1. The highest BCUT2D eigenvalue weighted by Gasteiger charge is 2.20. The molecule has 0 spiro atoms. The molecule has 4 rings (SSSR count). The van der Waals surface area contributed by atoms with Crippen molar-refractivity contribution >= 4 is 32.6 Å². The van der Waals surface area contributed by atoms with Crippen LogP contribution in [0.15, 0.2) is 30.3 Å². The Morgan fingerprint density at radius 2 is 1.77 bits per heavy atom. The summed E-state index contributed by atoms with van der Waals surface area (Å²) >= 11 is 1.79. The summed E-state index contributed by atoms with van der Waals surface area (Å²) in [6, 6.07) is 10.4. The van der Waals surface area contributed by atoms with Crippen LogP contribution in [-0.4, -0.2) is 55.1 Å². The average molecular weight is 423 g/mol. The molecule has 2 aromatic carbocycles. The fraction of sp³-hybridized carbons (Fsp3) is 0.417. The summed E-state index contributed by atoms with van der Waals surface area (Å²) in [4.78, 5) is 22.2. The van der Waals surface area contributed by atoms with E-state index in [1.165, 1.54) is 15.8 Å². The van der Waals surface area contributed by atoms with Gasteiger partial charge in [0.05, 0.1) is 10.2 Å². The average Bonchev–Trinajstić information content (AvgIpc) is 3.18. The van der Waals surface area contributed by atoms with Crippen molar-refractivity contribution in [3.63, 3.8) is 0 Å². The monoisotopic (exact) mass is 422 g/mol. The Hall–Kier alpha value is -2.44. The number of hydrogen-bond donors (Lipinski definition) is 1. The Bertz CT molecular complexity index is 1070. The first-order chi connectivity index (χ1) is 14.4. The Kier molecular flexibility index (Phi) is 6.06. The van der Waals surface area contributed by atoms with Gasteiger partial charge in [0.2, 0.25) is 0 Å². The maximum atomic E-state index is 12.5. The minimum Gasteiger partial charge on any atom is -0.351 e. The molecule has 1 saturated heterocycles. The van der Waals surface area contributed by atoms with Crippen LogP contribution in [0.25, 0.3) is 10.2 Å². The lowest BCUT2D eigenvalue weighted by molar-refractivity contribution is 0.0947. The molecule has 1 aromatic heterocycles. The maximum Gasteiger partial charge on any atom is 0.251 e. The van der Waals surface area contributed by atoms with E-state index in [9.17, 15) is 4.79 Å². The van der Waals surface area contributed by atoms with Crippen molar-refractivity contribution in [1.29, 1.82) is 0 Å². The van der Waals surface area contributed by atoms with E-state index in [1.807, 2.05) is 32.0 Å². The number of aryl methyl sites for hydroxylation is 4. The molecule has 0 saturated carbocycles. The third-order valence-electron chi connectivity index (χ3n) is 6.07. The summed E-state index contributed by atoms with van der Waals surface area (Å²) in [5.41, 5.74) is 6.64. The second-order valence-electron chi connectivity index (χ2n) is 8.25. The number of nitrogens with zero attached hydrogens (tertiary/aromatic N) is 3. The van der Waals surface area contributed by atoms with Crippen LogP contribution in [0.1, 0.15) is 32.6 Å². The number of carbonyl (C=O) groups excluding carboxylic acids is 1. The van der Waals surface area contributed by atoms with Gasteiger partial charge in [-0.15, -0.1) is 0 Å². The predicted octanol–water partition coefficient (Wildman–Crippen LogP) is 4.08. The smallest absolute Gasteiger partial charge is 0.251 e. The fourth-order valence-corrected chi connectivity index (χ4v) is 4.99. The normalized spacial score (nSPS) is 15.0. The molecule has 2 heterocycles. The molecule has 1 aliphatic rings. The van der Waals surface area contributed by atoms with Crippen molar-refractivity contribution in [1.82, 2.24) is 15.2 Å². The zero-order chi connectivity index (χ0) is 21.3. The van der Waals surface area contributed by atoms with Crippen molar-refractivity contribution < 1.29 is 4.79 Å². The number of rotatable bonds is 5. The number of piperazine rings is 1.